The van der Waals surface area contributed by atoms with Gasteiger partial charge in [0.15, 0.2) is 11.5 Å². The molecule has 6 nitrogen and oxygen atoms in total. The van der Waals surface area contributed by atoms with E-state index in [2.05, 4.69) is 5.32 Å². The molecule has 1 fully saturated rings. The zero-order valence-electron chi connectivity index (χ0n) is 20.1. The van der Waals surface area contributed by atoms with Gasteiger partial charge in [-0.15, -0.1) is 11.6 Å². The Morgan fingerprint density at radius 1 is 1.09 bits per heavy atom. The zero-order chi connectivity index (χ0) is 24.3. The second kappa shape index (κ2) is 13.2. The van der Waals surface area contributed by atoms with Crippen molar-refractivity contribution in [3.63, 3.8) is 0 Å². The number of methoxy groups -OCH3 is 1. The number of benzene rings is 2. The van der Waals surface area contributed by atoms with Crippen molar-refractivity contribution in [1.29, 1.82) is 0 Å². The smallest absolute Gasteiger partial charge is 0.247 e. The third kappa shape index (κ3) is 6.89. The van der Waals surface area contributed by atoms with Gasteiger partial charge in [0.2, 0.25) is 11.8 Å². The Hall–Kier alpha value is -2.73. The van der Waals surface area contributed by atoms with Crippen LogP contribution >= 0.6 is 11.6 Å². The molecule has 2 aromatic carbocycles. The molecule has 2 amide bonds. The molecule has 1 atom stereocenters. The summed E-state index contributed by atoms with van der Waals surface area (Å²) in [5.74, 6) is 0.450. The lowest BCUT2D eigenvalue weighted by molar-refractivity contribution is -0.139. The lowest BCUT2D eigenvalue weighted by Crippen LogP contribution is -2.48. The van der Waals surface area contributed by atoms with Gasteiger partial charge < -0.3 is 19.7 Å². The van der Waals surface area contributed by atoms with Crippen LogP contribution in [0.4, 0.5) is 0 Å². The predicted octanol–water partition coefficient (Wildman–Crippen LogP) is 4.89. The molecule has 2 aromatic rings. The third-order valence-corrected chi connectivity index (χ3v) is 6.46. The molecule has 3 rings (SSSR count). The summed E-state index contributed by atoms with van der Waals surface area (Å²) >= 11 is 6.01. The summed E-state index contributed by atoms with van der Waals surface area (Å²) in [4.78, 5) is 28.3. The number of carbonyl (C=O) groups excluding carboxylic acids is 2. The molecule has 1 aliphatic rings. The molecule has 1 aliphatic carbocycles. The SMILES string of the molecule is CCOc1ccc([C@H](C(=O)NC2CCCCC2)N(CCc2ccccc2)C(=O)CCl)cc1OC. The Balaban J connectivity index is 1.94. The van der Waals surface area contributed by atoms with Crippen LogP contribution in [0, 0.1) is 0 Å². The highest BCUT2D eigenvalue weighted by Crippen LogP contribution is 2.33. The summed E-state index contributed by atoms with van der Waals surface area (Å²) < 4.78 is 11.2. The number of nitrogens with one attached hydrogen (secondary N) is 1. The Morgan fingerprint density at radius 3 is 2.47 bits per heavy atom. The van der Waals surface area contributed by atoms with E-state index in [0.717, 1.165) is 31.2 Å². The second-order valence-electron chi connectivity index (χ2n) is 8.55. The van der Waals surface area contributed by atoms with Crippen LogP contribution in [-0.4, -0.2) is 48.9 Å². The maximum absolute atomic E-state index is 13.7. The molecule has 0 unspecified atom stereocenters. The highest BCUT2D eigenvalue weighted by atomic mass is 35.5. The van der Waals surface area contributed by atoms with E-state index in [4.69, 9.17) is 21.1 Å². The summed E-state index contributed by atoms with van der Waals surface area (Å²) in [6, 6.07) is 14.6. The summed E-state index contributed by atoms with van der Waals surface area (Å²) in [6.45, 7) is 2.77. The molecule has 7 heteroatoms. The number of rotatable bonds is 11. The first-order valence-electron chi connectivity index (χ1n) is 12.1. The van der Waals surface area contributed by atoms with E-state index >= 15 is 0 Å². The summed E-state index contributed by atoms with van der Waals surface area (Å²) in [6.07, 6.45) is 5.93. The van der Waals surface area contributed by atoms with Gasteiger partial charge in [-0.3, -0.25) is 9.59 Å². The Kier molecular flexibility index (Phi) is 10.1. The van der Waals surface area contributed by atoms with Crippen LogP contribution in [0.1, 0.15) is 56.2 Å². The van der Waals surface area contributed by atoms with E-state index in [9.17, 15) is 9.59 Å². The first kappa shape index (κ1) is 25.9. The molecule has 34 heavy (non-hydrogen) atoms. The summed E-state index contributed by atoms with van der Waals surface area (Å²) in [5.41, 5.74) is 1.76. The van der Waals surface area contributed by atoms with Crippen LogP contribution in [0.15, 0.2) is 48.5 Å². The topological polar surface area (TPSA) is 67.9 Å². The van der Waals surface area contributed by atoms with E-state index in [-0.39, 0.29) is 23.7 Å². The summed E-state index contributed by atoms with van der Waals surface area (Å²) in [5, 5.41) is 3.20. The van der Waals surface area contributed by atoms with E-state index in [1.165, 1.54) is 6.42 Å². The van der Waals surface area contributed by atoms with Crippen molar-refractivity contribution in [2.24, 2.45) is 0 Å². The fourth-order valence-electron chi connectivity index (χ4n) is 4.50. The van der Waals surface area contributed by atoms with Gasteiger partial charge in [0, 0.05) is 12.6 Å². The minimum absolute atomic E-state index is 0.121. The number of carbonyl (C=O) groups is 2. The zero-order valence-corrected chi connectivity index (χ0v) is 20.9. The van der Waals surface area contributed by atoms with Gasteiger partial charge in [-0.2, -0.15) is 0 Å². The minimum atomic E-state index is -0.818. The van der Waals surface area contributed by atoms with Gasteiger partial charge in [0.25, 0.3) is 0 Å². The van der Waals surface area contributed by atoms with Crippen molar-refractivity contribution in [2.75, 3.05) is 26.1 Å². The van der Waals surface area contributed by atoms with Gasteiger partial charge in [0.05, 0.1) is 13.7 Å². The van der Waals surface area contributed by atoms with Crippen LogP contribution in [0.25, 0.3) is 0 Å². The molecule has 0 heterocycles. The molecule has 0 aromatic heterocycles. The minimum Gasteiger partial charge on any atom is -0.493 e. The maximum atomic E-state index is 13.7. The number of ether oxygens (including phenoxy) is 2. The fraction of sp³-hybridized carbons (Fsp3) is 0.481. The van der Waals surface area contributed by atoms with E-state index in [0.29, 0.717) is 36.6 Å². The molecule has 0 saturated heterocycles. The van der Waals surface area contributed by atoms with Crippen LogP contribution in [0.2, 0.25) is 0 Å². The Bertz CT molecular complexity index is 931. The molecule has 184 valence electrons. The molecular formula is C27H35ClN2O4. The van der Waals surface area contributed by atoms with Gasteiger partial charge in [-0.1, -0.05) is 55.7 Å². The molecule has 0 spiro atoms. The Morgan fingerprint density at radius 2 is 1.82 bits per heavy atom. The van der Waals surface area contributed by atoms with Crippen molar-refractivity contribution < 1.29 is 19.1 Å². The van der Waals surface area contributed by atoms with E-state index < -0.39 is 6.04 Å². The predicted molar refractivity (Wildman–Crippen MR) is 134 cm³/mol. The van der Waals surface area contributed by atoms with Crippen molar-refractivity contribution >= 4 is 23.4 Å². The third-order valence-electron chi connectivity index (χ3n) is 6.23. The standard InChI is InChI=1S/C27H35ClN2O4/c1-3-34-23-15-14-21(18-24(23)33-2)26(27(32)29-22-12-8-5-9-13-22)30(25(31)19-28)17-16-20-10-6-4-7-11-20/h4,6-7,10-11,14-15,18,22,26H,3,5,8-9,12-13,16-17,19H2,1-2H3,(H,29,32)/t26-/m1/s1. The number of hydrogen-bond acceptors (Lipinski definition) is 4. The lowest BCUT2D eigenvalue weighted by atomic mass is 9.94. The number of halogens is 1. The van der Waals surface area contributed by atoms with Crippen molar-refractivity contribution in [3.05, 3.63) is 59.7 Å². The maximum Gasteiger partial charge on any atom is 0.247 e. The van der Waals surface area contributed by atoms with Gasteiger partial charge in [-0.05, 0) is 49.4 Å². The molecular weight excluding hydrogens is 452 g/mol. The first-order valence-corrected chi connectivity index (χ1v) is 12.6. The normalized spacial score (nSPS) is 14.8. The van der Waals surface area contributed by atoms with Crippen molar-refractivity contribution in [3.8, 4) is 11.5 Å². The van der Waals surface area contributed by atoms with Crippen LogP contribution in [0.5, 0.6) is 11.5 Å². The molecule has 1 saturated carbocycles. The number of nitrogens with zero attached hydrogens (tertiary/aromatic N) is 1. The fourth-order valence-corrected chi connectivity index (χ4v) is 4.65. The van der Waals surface area contributed by atoms with Gasteiger partial charge >= 0.3 is 0 Å². The van der Waals surface area contributed by atoms with E-state index in [1.54, 1.807) is 24.1 Å². The molecule has 1 N–H and O–H groups in total. The van der Waals surface area contributed by atoms with E-state index in [1.807, 2.05) is 43.3 Å². The average Bonchev–Trinajstić information content (AvgIpc) is 2.87. The highest BCUT2D eigenvalue weighted by molar-refractivity contribution is 6.27. The van der Waals surface area contributed by atoms with Crippen LogP contribution < -0.4 is 14.8 Å². The quantitative estimate of drug-likeness (QED) is 0.459. The number of hydrogen-bond donors (Lipinski definition) is 1. The lowest BCUT2D eigenvalue weighted by Gasteiger charge is -2.33. The number of amides is 2. The average molecular weight is 487 g/mol. The van der Waals surface area contributed by atoms with Crippen LogP contribution in [-0.2, 0) is 16.0 Å². The second-order valence-corrected chi connectivity index (χ2v) is 8.81. The van der Waals surface area contributed by atoms with Crippen molar-refractivity contribution in [1.82, 2.24) is 10.2 Å². The van der Waals surface area contributed by atoms with Gasteiger partial charge in [0.1, 0.15) is 11.9 Å². The highest BCUT2D eigenvalue weighted by Gasteiger charge is 2.33. The van der Waals surface area contributed by atoms with Crippen LogP contribution in [0.3, 0.4) is 0 Å². The molecule has 0 radical (unpaired) electrons. The monoisotopic (exact) mass is 486 g/mol. The number of alkyl halides is 1. The summed E-state index contributed by atoms with van der Waals surface area (Å²) in [7, 11) is 1.57. The molecule has 0 bridgehead atoms. The first-order chi connectivity index (χ1) is 16.6. The van der Waals surface area contributed by atoms with Gasteiger partial charge in [-0.25, -0.2) is 0 Å². The largest absolute Gasteiger partial charge is 0.493 e. The van der Waals surface area contributed by atoms with Crippen molar-refractivity contribution in [2.45, 2.75) is 57.5 Å². The Labute approximate surface area is 207 Å². The molecule has 0 aliphatic heterocycles.